The molecule has 1 heterocycles. The fourth-order valence-electron chi connectivity index (χ4n) is 0.176. The van der Waals surface area contributed by atoms with Crippen LogP contribution in [0.15, 0.2) is 23.3 Å². The minimum Gasteiger partial charge on any atom is -0.452 e. The molecule has 7 heteroatoms. The molecule has 0 aliphatic carbocycles. The minimum atomic E-state index is -4.64. The summed E-state index contributed by atoms with van der Waals surface area (Å²) in [6, 6.07) is 0. The van der Waals surface area contributed by atoms with Crippen molar-refractivity contribution < 1.29 is 23.7 Å². The monoisotopic (exact) mass is 167 g/mol. The van der Waals surface area contributed by atoms with Crippen molar-refractivity contribution in [3.8, 4) is 0 Å². The summed E-state index contributed by atoms with van der Waals surface area (Å²) < 4.78 is 13.4. The first-order valence-corrected chi connectivity index (χ1v) is 3.67. The number of hydrogen-bond acceptors (Lipinski definition) is 3. The number of phosphoric acid groups is 1. The van der Waals surface area contributed by atoms with Crippen molar-refractivity contribution in [1.29, 1.82) is 0 Å². The molecule has 6 nitrogen and oxygen atoms in total. The van der Waals surface area contributed by atoms with Crippen molar-refractivity contribution in [3.05, 3.63) is 18.9 Å². The molecular weight excluding hydrogens is 161 g/mol. The van der Waals surface area contributed by atoms with E-state index in [0.29, 0.717) is 0 Å². The van der Waals surface area contributed by atoms with E-state index in [-0.39, 0.29) is 0 Å². The van der Waals surface area contributed by atoms with E-state index in [9.17, 15) is 0 Å². The second-order valence-electron chi connectivity index (χ2n) is 1.19. The lowest BCUT2D eigenvalue weighted by atomic mass is 11.0. The summed E-state index contributed by atoms with van der Waals surface area (Å²) in [5, 5.41) is 0. The van der Waals surface area contributed by atoms with Gasteiger partial charge >= 0.3 is 7.82 Å². The molecule has 1 aromatic heterocycles. The van der Waals surface area contributed by atoms with Crippen LogP contribution in [0, 0.1) is 0 Å². The van der Waals surface area contributed by atoms with E-state index in [1.165, 1.54) is 12.7 Å². The maximum absolute atomic E-state index is 8.88. The normalized spacial score (nSPS) is 9.90. The molecule has 0 bridgehead atoms. The van der Waals surface area contributed by atoms with Crippen LogP contribution in [-0.2, 0) is 4.57 Å². The molecule has 10 heavy (non-hydrogen) atoms. The lowest BCUT2D eigenvalue weighted by molar-refractivity contribution is 0.275. The van der Waals surface area contributed by atoms with Crippen molar-refractivity contribution in [1.82, 2.24) is 4.98 Å². The van der Waals surface area contributed by atoms with E-state index in [0.717, 1.165) is 0 Å². The highest BCUT2D eigenvalue weighted by Crippen LogP contribution is 2.25. The molecule has 0 unspecified atom stereocenters. The van der Waals surface area contributed by atoms with Crippen molar-refractivity contribution in [3.63, 3.8) is 0 Å². The van der Waals surface area contributed by atoms with Gasteiger partial charge in [-0.1, -0.05) is 0 Å². The SMILES string of the molecule is O=P(O)(O)O.c1cocn1. The molecule has 0 radical (unpaired) electrons. The number of aromatic nitrogens is 1. The van der Waals surface area contributed by atoms with Gasteiger partial charge in [0.2, 0.25) is 0 Å². The van der Waals surface area contributed by atoms with E-state index in [4.69, 9.17) is 19.2 Å². The van der Waals surface area contributed by atoms with Gasteiger partial charge in [-0.05, 0) is 0 Å². The number of oxazole rings is 1. The molecule has 0 saturated heterocycles. The van der Waals surface area contributed by atoms with Crippen LogP contribution in [0.1, 0.15) is 0 Å². The summed E-state index contributed by atoms with van der Waals surface area (Å²) in [5.41, 5.74) is 0. The molecule has 1 aromatic rings. The Kier molecular flexibility index (Phi) is 3.90. The first kappa shape index (κ1) is 9.32. The number of rotatable bonds is 0. The first-order chi connectivity index (χ1) is 4.50. The van der Waals surface area contributed by atoms with Gasteiger partial charge in [-0.3, -0.25) is 0 Å². The zero-order chi connectivity index (χ0) is 8.04. The van der Waals surface area contributed by atoms with Gasteiger partial charge in [0.05, 0.1) is 6.20 Å². The van der Waals surface area contributed by atoms with Gasteiger partial charge < -0.3 is 19.1 Å². The number of hydrogen-bond donors (Lipinski definition) is 3. The van der Waals surface area contributed by atoms with Crippen LogP contribution in [0.2, 0.25) is 0 Å². The highest BCUT2D eigenvalue weighted by Gasteiger charge is 2.00. The highest BCUT2D eigenvalue weighted by molar-refractivity contribution is 7.45. The minimum absolute atomic E-state index is 1.38. The van der Waals surface area contributed by atoms with Crippen LogP contribution < -0.4 is 0 Å². The van der Waals surface area contributed by atoms with Crippen molar-refractivity contribution in [2.24, 2.45) is 0 Å². The lowest BCUT2D eigenvalue weighted by Gasteiger charge is -1.82. The standard InChI is InChI=1S/C3H3NO.H3O4P/c1-2-5-3-4-1;1-5(2,3)4/h1-3H;(H3,1,2,3,4). The Bertz CT molecular complexity index is 165. The quantitative estimate of drug-likeness (QED) is 0.460. The van der Waals surface area contributed by atoms with Crippen LogP contribution in [0.5, 0.6) is 0 Å². The largest absolute Gasteiger partial charge is 0.466 e. The van der Waals surface area contributed by atoms with Gasteiger partial charge in [0, 0.05) is 0 Å². The highest BCUT2D eigenvalue weighted by atomic mass is 31.2. The average Bonchev–Trinajstić information content (AvgIpc) is 2.07. The molecule has 0 fully saturated rings. The van der Waals surface area contributed by atoms with E-state index in [1.54, 1.807) is 6.20 Å². The Balaban J connectivity index is 0.000000162. The van der Waals surface area contributed by atoms with Crippen LogP contribution in [0.3, 0.4) is 0 Å². The maximum Gasteiger partial charge on any atom is 0.466 e. The first-order valence-electron chi connectivity index (χ1n) is 2.10. The molecule has 58 valence electrons. The van der Waals surface area contributed by atoms with Gasteiger partial charge in [-0.2, -0.15) is 0 Å². The summed E-state index contributed by atoms with van der Waals surface area (Å²) in [5.74, 6) is 0. The molecule has 0 atom stereocenters. The summed E-state index contributed by atoms with van der Waals surface area (Å²) in [7, 11) is -4.64. The third-order valence-corrected chi connectivity index (χ3v) is 0.347. The van der Waals surface area contributed by atoms with Crippen molar-refractivity contribution in [2.45, 2.75) is 0 Å². The average molecular weight is 167 g/mol. The third-order valence-electron chi connectivity index (χ3n) is 0.347. The van der Waals surface area contributed by atoms with Crippen molar-refractivity contribution in [2.75, 3.05) is 0 Å². The van der Waals surface area contributed by atoms with Gasteiger partial charge in [0.25, 0.3) is 0 Å². The lowest BCUT2D eigenvalue weighted by Crippen LogP contribution is -1.66. The molecule has 1 rings (SSSR count). The second-order valence-corrected chi connectivity index (χ2v) is 2.22. The van der Waals surface area contributed by atoms with Crippen LogP contribution in [-0.4, -0.2) is 19.7 Å². The Morgan fingerprint density at radius 2 is 1.90 bits per heavy atom. The van der Waals surface area contributed by atoms with Crippen LogP contribution in [0.25, 0.3) is 0 Å². The molecule has 0 saturated carbocycles. The molecule has 0 spiro atoms. The van der Waals surface area contributed by atoms with Gasteiger partial charge in [-0.25, -0.2) is 9.55 Å². The van der Waals surface area contributed by atoms with E-state index >= 15 is 0 Å². The smallest absolute Gasteiger partial charge is 0.452 e. The predicted octanol–water partition coefficient (Wildman–Crippen LogP) is -0.254. The van der Waals surface area contributed by atoms with Crippen molar-refractivity contribution >= 4 is 7.82 Å². The summed E-state index contributed by atoms with van der Waals surface area (Å²) in [4.78, 5) is 25.1. The Labute approximate surface area is 56.4 Å². The Hall–Kier alpha value is -0.680. The molecule has 0 aliphatic rings. The zero-order valence-corrected chi connectivity index (χ0v) is 5.68. The van der Waals surface area contributed by atoms with E-state index in [1.807, 2.05) is 0 Å². The molecule has 3 N–H and O–H groups in total. The predicted molar refractivity (Wildman–Crippen MR) is 30.8 cm³/mol. The molecule has 0 amide bonds. The second kappa shape index (κ2) is 4.19. The summed E-state index contributed by atoms with van der Waals surface area (Å²) >= 11 is 0. The fourth-order valence-corrected chi connectivity index (χ4v) is 0.176. The molecule has 0 aliphatic heterocycles. The van der Waals surface area contributed by atoms with Gasteiger partial charge in [0.15, 0.2) is 6.39 Å². The Morgan fingerprint density at radius 1 is 1.40 bits per heavy atom. The van der Waals surface area contributed by atoms with Crippen LogP contribution >= 0.6 is 7.82 Å². The Morgan fingerprint density at radius 3 is 2.00 bits per heavy atom. The van der Waals surface area contributed by atoms with E-state index in [2.05, 4.69) is 9.40 Å². The van der Waals surface area contributed by atoms with E-state index < -0.39 is 7.82 Å². The topological polar surface area (TPSA) is 104 Å². The zero-order valence-electron chi connectivity index (χ0n) is 4.78. The fraction of sp³-hybridized carbons (Fsp3) is 0. The third kappa shape index (κ3) is 15.7. The summed E-state index contributed by atoms with van der Waals surface area (Å²) in [6.07, 6.45) is 4.47. The summed E-state index contributed by atoms with van der Waals surface area (Å²) in [6.45, 7) is 0. The van der Waals surface area contributed by atoms with Gasteiger partial charge in [-0.15, -0.1) is 0 Å². The molecular formula is C3H6NO5P. The molecule has 0 aromatic carbocycles. The maximum atomic E-state index is 8.88. The number of nitrogens with zero attached hydrogens (tertiary/aromatic N) is 1. The van der Waals surface area contributed by atoms with Gasteiger partial charge in [0.1, 0.15) is 6.26 Å². The van der Waals surface area contributed by atoms with Crippen LogP contribution in [0.4, 0.5) is 0 Å².